The minimum Gasteiger partial charge on any atom is -0.454 e. The zero-order valence-electron chi connectivity index (χ0n) is 24.7. The summed E-state index contributed by atoms with van der Waals surface area (Å²) in [5.41, 5.74) is 10.2. The van der Waals surface area contributed by atoms with E-state index in [1.807, 2.05) is 22.9 Å². The molecule has 236 valence electrons. The second-order valence-corrected chi connectivity index (χ2v) is 13.4. The van der Waals surface area contributed by atoms with Crippen molar-refractivity contribution in [3.63, 3.8) is 0 Å². The van der Waals surface area contributed by atoms with Crippen LogP contribution in [0, 0.1) is 18.6 Å². The summed E-state index contributed by atoms with van der Waals surface area (Å²) in [7, 11) is -4.17. The van der Waals surface area contributed by atoms with Crippen molar-refractivity contribution in [1.29, 1.82) is 0 Å². The Kier molecular flexibility index (Phi) is 7.63. The fraction of sp³-hybridized carbons (Fsp3) is 0.0571. The maximum absolute atomic E-state index is 14.2. The van der Waals surface area contributed by atoms with Crippen molar-refractivity contribution in [2.45, 2.75) is 17.9 Å². The summed E-state index contributed by atoms with van der Waals surface area (Å²) in [6.45, 7) is 1.76. The molecular formula is C35H26F2N4O4S2. The topological polar surface area (TPSA) is 112 Å². The molecule has 0 bridgehead atoms. The van der Waals surface area contributed by atoms with Crippen molar-refractivity contribution in [2.24, 2.45) is 0 Å². The van der Waals surface area contributed by atoms with Crippen molar-refractivity contribution in [1.82, 2.24) is 13.8 Å². The summed E-state index contributed by atoms with van der Waals surface area (Å²) in [6, 6.07) is 25.5. The van der Waals surface area contributed by atoms with Gasteiger partial charge in [-0.25, -0.2) is 21.5 Å². The van der Waals surface area contributed by atoms with Gasteiger partial charge in [0.2, 0.25) is 5.82 Å². The van der Waals surface area contributed by atoms with E-state index in [0.717, 1.165) is 21.2 Å². The summed E-state index contributed by atoms with van der Waals surface area (Å²) in [6.07, 6.45) is -0.0908. The predicted molar refractivity (Wildman–Crippen MR) is 177 cm³/mol. The van der Waals surface area contributed by atoms with Crippen molar-refractivity contribution in [2.75, 3.05) is 5.73 Å². The molecule has 1 unspecified atom stereocenters. The van der Waals surface area contributed by atoms with E-state index in [2.05, 4.69) is 5.10 Å². The second-order valence-electron chi connectivity index (χ2n) is 10.8. The third-order valence-electron chi connectivity index (χ3n) is 7.89. The van der Waals surface area contributed by atoms with Crippen LogP contribution >= 0.6 is 11.3 Å². The van der Waals surface area contributed by atoms with E-state index in [1.165, 1.54) is 46.5 Å². The molecule has 3 heterocycles. The molecule has 0 radical (unpaired) electrons. The maximum atomic E-state index is 14.2. The number of ether oxygens (including phenoxy) is 1. The lowest BCUT2D eigenvalue weighted by Crippen LogP contribution is -2.18. The molecule has 7 rings (SSSR count). The Balaban J connectivity index is 1.31. The summed E-state index contributed by atoms with van der Waals surface area (Å²) in [5.74, 6) is -2.04. The number of nitrogen functional groups attached to an aromatic ring is 1. The van der Waals surface area contributed by atoms with Crippen LogP contribution < -0.4 is 10.5 Å². The van der Waals surface area contributed by atoms with Gasteiger partial charge in [0.1, 0.15) is 17.7 Å². The number of nitrogens with zero attached hydrogens (tertiary/aromatic N) is 3. The molecule has 3 N–H and O–H groups in total. The number of halogens is 2. The minimum absolute atomic E-state index is 0.0617. The number of benzene rings is 4. The zero-order chi connectivity index (χ0) is 32.9. The third-order valence-corrected chi connectivity index (χ3v) is 10.3. The Labute approximate surface area is 272 Å². The van der Waals surface area contributed by atoms with Gasteiger partial charge in [-0.2, -0.15) is 20.8 Å². The molecule has 0 fully saturated rings. The Hall–Kier alpha value is -5.30. The lowest BCUT2D eigenvalue weighted by molar-refractivity contribution is 0.215. The number of nitrogens with two attached hydrogens (primary N) is 1. The van der Waals surface area contributed by atoms with E-state index >= 15 is 0 Å². The number of hydrogen-bond acceptors (Lipinski definition) is 7. The Bertz CT molecular complexity index is 2370. The standard InChI is InChI=1S/C35H26F2N4O4S2/c1-21-17-23(45-32-12-6-10-28(36)33(32)37)13-14-29(21)40-35(38)27(19-39-40)34(42)31-18-26-25(22-15-16-46-20-22)9-5-11-30(26)41(31)47(43,44)24-7-3-2-4-8-24/h2-20,34,42H,38H2,1H3. The Morgan fingerprint density at radius 3 is 2.49 bits per heavy atom. The van der Waals surface area contributed by atoms with Crippen LogP contribution in [0.1, 0.15) is 22.9 Å². The monoisotopic (exact) mass is 668 g/mol. The molecule has 0 spiro atoms. The average molecular weight is 669 g/mol. The van der Waals surface area contributed by atoms with Gasteiger partial charge in [-0.15, -0.1) is 0 Å². The summed E-state index contributed by atoms with van der Waals surface area (Å²) < 4.78 is 64.3. The van der Waals surface area contributed by atoms with Gasteiger partial charge in [-0.1, -0.05) is 36.4 Å². The Morgan fingerprint density at radius 2 is 1.74 bits per heavy atom. The third kappa shape index (κ3) is 5.26. The number of anilines is 1. The lowest BCUT2D eigenvalue weighted by atomic mass is 10.0. The number of aliphatic hydroxyl groups is 1. The molecule has 0 amide bonds. The summed E-state index contributed by atoms with van der Waals surface area (Å²) in [5, 5.41) is 20.9. The van der Waals surface area contributed by atoms with Crippen LogP contribution in [0.15, 0.2) is 119 Å². The number of rotatable bonds is 8. The molecule has 12 heteroatoms. The van der Waals surface area contributed by atoms with E-state index in [-0.39, 0.29) is 33.5 Å². The molecule has 4 aromatic carbocycles. The van der Waals surface area contributed by atoms with Crippen molar-refractivity contribution >= 4 is 38.1 Å². The normalized spacial score (nSPS) is 12.4. The average Bonchev–Trinajstić information content (AvgIpc) is 3.83. The highest BCUT2D eigenvalue weighted by molar-refractivity contribution is 7.90. The fourth-order valence-corrected chi connectivity index (χ4v) is 7.82. The molecule has 3 aromatic heterocycles. The van der Waals surface area contributed by atoms with Crippen LogP contribution in [0.5, 0.6) is 11.5 Å². The molecule has 1 atom stereocenters. The maximum Gasteiger partial charge on any atom is 0.268 e. The minimum atomic E-state index is -4.17. The van der Waals surface area contributed by atoms with E-state index in [9.17, 15) is 22.3 Å². The largest absolute Gasteiger partial charge is 0.454 e. The fourth-order valence-electron chi connectivity index (χ4n) is 5.60. The Morgan fingerprint density at radius 1 is 0.957 bits per heavy atom. The van der Waals surface area contributed by atoms with Crippen LogP contribution in [-0.4, -0.2) is 27.3 Å². The van der Waals surface area contributed by atoms with Gasteiger partial charge in [0.05, 0.1) is 28.0 Å². The number of aryl methyl sites for hydroxylation is 1. The van der Waals surface area contributed by atoms with Gasteiger partial charge in [-0.3, -0.25) is 0 Å². The van der Waals surface area contributed by atoms with Crippen LogP contribution in [0.25, 0.3) is 27.7 Å². The molecule has 0 aliphatic carbocycles. The molecule has 0 saturated carbocycles. The lowest BCUT2D eigenvalue weighted by Gasteiger charge is -2.16. The predicted octanol–water partition coefficient (Wildman–Crippen LogP) is 7.84. The van der Waals surface area contributed by atoms with Crippen molar-refractivity contribution in [3.8, 4) is 28.3 Å². The van der Waals surface area contributed by atoms with Crippen molar-refractivity contribution < 1.29 is 27.0 Å². The van der Waals surface area contributed by atoms with Crippen LogP contribution in [0.3, 0.4) is 0 Å². The highest BCUT2D eigenvalue weighted by Gasteiger charge is 2.30. The van der Waals surface area contributed by atoms with Gasteiger partial charge in [-0.05, 0) is 95.0 Å². The van der Waals surface area contributed by atoms with Crippen LogP contribution in [-0.2, 0) is 10.0 Å². The molecule has 7 aromatic rings. The molecular weight excluding hydrogens is 643 g/mol. The zero-order valence-corrected chi connectivity index (χ0v) is 26.3. The summed E-state index contributed by atoms with van der Waals surface area (Å²) >= 11 is 1.52. The highest BCUT2D eigenvalue weighted by atomic mass is 32.2. The second kappa shape index (κ2) is 11.8. The first-order valence-corrected chi connectivity index (χ1v) is 16.8. The van der Waals surface area contributed by atoms with Crippen LogP contribution in [0.4, 0.5) is 14.6 Å². The number of aliphatic hydroxyl groups excluding tert-OH is 1. The number of hydrogen-bond donors (Lipinski definition) is 2. The number of thiophene rings is 1. The van der Waals surface area contributed by atoms with Gasteiger partial charge >= 0.3 is 0 Å². The van der Waals surface area contributed by atoms with E-state index in [1.54, 1.807) is 61.5 Å². The van der Waals surface area contributed by atoms with E-state index in [0.29, 0.717) is 22.2 Å². The molecule has 0 aliphatic heterocycles. The van der Waals surface area contributed by atoms with Crippen molar-refractivity contribution in [3.05, 3.63) is 142 Å². The smallest absolute Gasteiger partial charge is 0.268 e. The number of fused-ring (bicyclic) bond motifs is 1. The van der Waals surface area contributed by atoms with Gasteiger partial charge in [0.15, 0.2) is 11.6 Å². The highest BCUT2D eigenvalue weighted by Crippen LogP contribution is 2.39. The molecule has 8 nitrogen and oxygen atoms in total. The van der Waals surface area contributed by atoms with Gasteiger partial charge in [0.25, 0.3) is 10.0 Å². The first-order chi connectivity index (χ1) is 22.6. The molecule has 0 aliphatic rings. The number of aromatic nitrogens is 3. The molecule has 0 saturated heterocycles. The first kappa shape index (κ1) is 30.4. The van der Waals surface area contributed by atoms with Gasteiger partial charge in [0, 0.05) is 10.9 Å². The van der Waals surface area contributed by atoms with E-state index in [4.69, 9.17) is 10.5 Å². The van der Waals surface area contributed by atoms with Gasteiger partial charge < -0.3 is 15.6 Å². The molecule has 47 heavy (non-hydrogen) atoms. The first-order valence-electron chi connectivity index (χ1n) is 14.4. The van der Waals surface area contributed by atoms with E-state index < -0.39 is 27.8 Å². The SMILES string of the molecule is Cc1cc(Oc2cccc(F)c2F)ccc1-n1ncc(C(O)c2cc3c(-c4ccsc4)cccc3n2S(=O)(=O)c2ccccc2)c1N. The summed E-state index contributed by atoms with van der Waals surface area (Å²) in [4.78, 5) is 0.0617. The quantitative estimate of drug-likeness (QED) is 0.171. The van der Waals surface area contributed by atoms with Crippen LogP contribution in [0.2, 0.25) is 0 Å².